The highest BCUT2D eigenvalue weighted by atomic mass is 16.4. The Morgan fingerprint density at radius 2 is 1.91 bits per heavy atom. The fourth-order valence-corrected chi connectivity index (χ4v) is 1.98. The van der Waals surface area contributed by atoms with Gasteiger partial charge in [-0.15, -0.1) is 5.10 Å². The molecule has 1 rings (SSSR count). The summed E-state index contributed by atoms with van der Waals surface area (Å²) in [5.74, 6) is -1.63. The molecule has 0 aromatic carbocycles. The Morgan fingerprint density at radius 3 is 2.39 bits per heavy atom. The minimum Gasteiger partial charge on any atom is -0.481 e. The third kappa shape index (κ3) is 4.51. The molecule has 0 bridgehead atoms. The topological polar surface area (TPSA) is 117 Å². The van der Waals surface area contributed by atoms with Crippen LogP contribution in [0, 0.1) is 5.41 Å². The standard InChI is InChI=1S/C14H23N5O4/c1-5-14(6-2,13(22)23)9-15-12(21)10-7-19(17-16-10)8-11(20)18(3)4/h7H,5-6,8-9H2,1-4H3,(H,15,21)(H,22,23). The summed E-state index contributed by atoms with van der Waals surface area (Å²) in [5.41, 5.74) is -0.949. The maximum atomic E-state index is 12.1. The van der Waals surface area contributed by atoms with Crippen molar-refractivity contribution in [2.75, 3.05) is 20.6 Å². The van der Waals surface area contributed by atoms with Crippen LogP contribution in [0.5, 0.6) is 0 Å². The van der Waals surface area contributed by atoms with Gasteiger partial charge in [0.15, 0.2) is 5.69 Å². The van der Waals surface area contributed by atoms with Gasteiger partial charge in [-0.1, -0.05) is 19.1 Å². The first kappa shape index (κ1) is 18.6. The third-order valence-corrected chi connectivity index (χ3v) is 3.96. The number of carboxylic acids is 1. The smallest absolute Gasteiger partial charge is 0.311 e. The summed E-state index contributed by atoms with van der Waals surface area (Å²) in [5, 5.41) is 19.3. The van der Waals surface area contributed by atoms with Crippen LogP contribution in [0.3, 0.4) is 0 Å². The molecule has 0 saturated carbocycles. The van der Waals surface area contributed by atoms with Crippen LogP contribution in [-0.4, -0.2) is 63.4 Å². The van der Waals surface area contributed by atoms with Crippen molar-refractivity contribution in [2.24, 2.45) is 5.41 Å². The summed E-state index contributed by atoms with van der Waals surface area (Å²) in [6, 6.07) is 0. The molecule has 0 fully saturated rings. The molecule has 9 nitrogen and oxygen atoms in total. The number of carboxylic acid groups (broad SMARTS) is 1. The van der Waals surface area contributed by atoms with Crippen molar-refractivity contribution in [3.8, 4) is 0 Å². The van der Waals surface area contributed by atoms with E-state index in [-0.39, 0.29) is 24.7 Å². The largest absolute Gasteiger partial charge is 0.481 e. The van der Waals surface area contributed by atoms with Gasteiger partial charge in [0.05, 0.1) is 11.6 Å². The van der Waals surface area contributed by atoms with Gasteiger partial charge in [0.25, 0.3) is 5.91 Å². The minimum atomic E-state index is -0.994. The molecule has 0 radical (unpaired) electrons. The Hall–Kier alpha value is -2.45. The van der Waals surface area contributed by atoms with Crippen LogP contribution in [0.15, 0.2) is 6.20 Å². The first-order valence-corrected chi connectivity index (χ1v) is 7.37. The van der Waals surface area contributed by atoms with Crippen LogP contribution in [0.1, 0.15) is 37.2 Å². The summed E-state index contributed by atoms with van der Waals surface area (Å²) in [6.07, 6.45) is 2.17. The molecule has 0 spiro atoms. The zero-order valence-corrected chi connectivity index (χ0v) is 13.9. The lowest BCUT2D eigenvalue weighted by Gasteiger charge is -2.26. The van der Waals surface area contributed by atoms with Crippen LogP contribution in [-0.2, 0) is 16.1 Å². The zero-order chi connectivity index (χ0) is 17.6. The lowest BCUT2D eigenvalue weighted by molar-refractivity contribution is -0.149. The van der Waals surface area contributed by atoms with Crippen molar-refractivity contribution in [2.45, 2.75) is 33.2 Å². The third-order valence-electron chi connectivity index (χ3n) is 3.96. The van der Waals surface area contributed by atoms with Gasteiger partial charge in [0, 0.05) is 20.6 Å². The number of rotatable bonds is 8. The molecule has 128 valence electrons. The van der Waals surface area contributed by atoms with E-state index in [0.717, 1.165) is 0 Å². The van der Waals surface area contributed by atoms with Gasteiger partial charge >= 0.3 is 5.97 Å². The molecule has 0 saturated heterocycles. The molecule has 1 aromatic rings. The fraction of sp³-hybridized carbons (Fsp3) is 0.643. The van der Waals surface area contributed by atoms with Crippen molar-refractivity contribution in [1.29, 1.82) is 0 Å². The summed E-state index contributed by atoms with van der Waals surface area (Å²) in [4.78, 5) is 36.4. The molecule has 1 aromatic heterocycles. The number of aromatic nitrogens is 3. The van der Waals surface area contributed by atoms with Crippen LogP contribution < -0.4 is 5.32 Å². The SMILES string of the molecule is CCC(CC)(CNC(=O)c1cn(CC(=O)N(C)C)nn1)C(=O)O. The normalized spacial score (nSPS) is 11.1. The minimum absolute atomic E-state index is 0.0116. The molecule has 0 aliphatic carbocycles. The zero-order valence-electron chi connectivity index (χ0n) is 13.9. The Kier molecular flexibility index (Phi) is 6.23. The maximum absolute atomic E-state index is 12.1. The van der Waals surface area contributed by atoms with Crippen molar-refractivity contribution < 1.29 is 19.5 Å². The molecule has 23 heavy (non-hydrogen) atoms. The number of amides is 2. The van der Waals surface area contributed by atoms with Crippen LogP contribution in [0.25, 0.3) is 0 Å². The Labute approximate surface area is 134 Å². The number of carbonyl (C=O) groups excluding carboxylic acids is 2. The van der Waals surface area contributed by atoms with E-state index in [0.29, 0.717) is 12.8 Å². The van der Waals surface area contributed by atoms with E-state index in [4.69, 9.17) is 0 Å². The van der Waals surface area contributed by atoms with Gasteiger partial charge in [0.2, 0.25) is 5.91 Å². The average molecular weight is 325 g/mol. The molecule has 0 aliphatic heterocycles. The van der Waals surface area contributed by atoms with Gasteiger partial charge < -0.3 is 15.3 Å². The molecular formula is C14H23N5O4. The van der Waals surface area contributed by atoms with Crippen molar-refractivity contribution >= 4 is 17.8 Å². The molecule has 0 atom stereocenters. The number of nitrogens with zero attached hydrogens (tertiary/aromatic N) is 4. The van der Waals surface area contributed by atoms with Gasteiger partial charge in [0.1, 0.15) is 6.54 Å². The van der Waals surface area contributed by atoms with Crippen LogP contribution >= 0.6 is 0 Å². The monoisotopic (exact) mass is 325 g/mol. The van der Waals surface area contributed by atoms with Crippen LogP contribution in [0.4, 0.5) is 0 Å². The summed E-state index contributed by atoms with van der Waals surface area (Å²) >= 11 is 0. The number of carbonyl (C=O) groups is 3. The highest BCUT2D eigenvalue weighted by molar-refractivity contribution is 5.92. The first-order chi connectivity index (χ1) is 10.8. The Bertz CT molecular complexity index is 577. The lowest BCUT2D eigenvalue weighted by Crippen LogP contribution is -2.42. The fourth-order valence-electron chi connectivity index (χ4n) is 1.98. The maximum Gasteiger partial charge on any atom is 0.311 e. The average Bonchev–Trinajstić information content (AvgIpc) is 2.96. The lowest BCUT2D eigenvalue weighted by atomic mass is 9.82. The number of nitrogens with one attached hydrogen (secondary N) is 1. The molecule has 2 amide bonds. The van der Waals surface area contributed by atoms with Gasteiger partial charge in [-0.25, -0.2) is 4.68 Å². The molecule has 9 heteroatoms. The number of hydrogen-bond donors (Lipinski definition) is 2. The van der Waals surface area contributed by atoms with Gasteiger partial charge in [-0.3, -0.25) is 14.4 Å². The quantitative estimate of drug-likeness (QED) is 0.694. The highest BCUT2D eigenvalue weighted by Gasteiger charge is 2.35. The van der Waals surface area contributed by atoms with Crippen molar-refractivity contribution in [3.05, 3.63) is 11.9 Å². The molecule has 0 unspecified atom stereocenters. The van der Waals surface area contributed by atoms with Gasteiger partial charge in [-0.2, -0.15) is 0 Å². The van der Waals surface area contributed by atoms with Crippen LogP contribution in [0.2, 0.25) is 0 Å². The predicted octanol–water partition coefficient (Wildman–Crippen LogP) is -0.0129. The van der Waals surface area contributed by atoms with E-state index >= 15 is 0 Å². The van der Waals surface area contributed by atoms with E-state index in [9.17, 15) is 19.5 Å². The van der Waals surface area contributed by atoms with E-state index < -0.39 is 17.3 Å². The first-order valence-electron chi connectivity index (χ1n) is 7.37. The Balaban J connectivity index is 2.70. The van der Waals surface area contributed by atoms with E-state index in [1.54, 1.807) is 27.9 Å². The number of aliphatic carboxylic acids is 1. The molecule has 1 heterocycles. The Morgan fingerprint density at radius 1 is 1.30 bits per heavy atom. The summed E-state index contributed by atoms with van der Waals surface area (Å²) in [6.45, 7) is 3.54. The molecule has 0 aliphatic rings. The summed E-state index contributed by atoms with van der Waals surface area (Å²) < 4.78 is 1.27. The van der Waals surface area contributed by atoms with E-state index in [1.807, 2.05) is 0 Å². The van der Waals surface area contributed by atoms with Gasteiger partial charge in [-0.05, 0) is 12.8 Å². The predicted molar refractivity (Wildman–Crippen MR) is 81.7 cm³/mol. The molecule has 2 N–H and O–H groups in total. The van der Waals surface area contributed by atoms with E-state index in [1.165, 1.54) is 15.8 Å². The second-order valence-electron chi connectivity index (χ2n) is 5.56. The van der Waals surface area contributed by atoms with E-state index in [2.05, 4.69) is 15.6 Å². The van der Waals surface area contributed by atoms with Crippen molar-refractivity contribution in [3.63, 3.8) is 0 Å². The van der Waals surface area contributed by atoms with Crippen molar-refractivity contribution in [1.82, 2.24) is 25.2 Å². The second-order valence-corrected chi connectivity index (χ2v) is 5.56. The number of likely N-dealkylation sites (N-methyl/N-ethyl adjacent to an activating group) is 1. The highest BCUT2D eigenvalue weighted by Crippen LogP contribution is 2.25. The molecular weight excluding hydrogens is 302 g/mol. The summed E-state index contributed by atoms with van der Waals surface area (Å²) in [7, 11) is 3.24. The number of hydrogen-bond acceptors (Lipinski definition) is 5. The second kappa shape index (κ2) is 7.70.